The Bertz CT molecular complexity index is 151. The summed E-state index contributed by atoms with van der Waals surface area (Å²) in [5.74, 6) is 0. The van der Waals surface area contributed by atoms with Gasteiger partial charge in [0.1, 0.15) is 0 Å². The molecule has 0 bridgehead atoms. The minimum absolute atomic E-state index is 0.258. The SMILES string of the molecule is CCC.CCC[B]P(I)CCC.CCC[B]P(I)CCC. The topological polar surface area (TPSA) is 0 Å². The van der Waals surface area contributed by atoms with Gasteiger partial charge in [0.05, 0.1) is 0 Å². The van der Waals surface area contributed by atoms with Crippen molar-refractivity contribution in [1.29, 1.82) is 0 Å². The molecule has 0 aliphatic rings. The van der Waals surface area contributed by atoms with Crippen molar-refractivity contribution in [3.05, 3.63) is 0 Å². The molecule has 0 fully saturated rings. The van der Waals surface area contributed by atoms with Crippen molar-refractivity contribution >= 4 is 69.0 Å². The molecule has 0 saturated carbocycles. The first-order valence-corrected chi connectivity index (χ1v) is 17.3. The summed E-state index contributed by atoms with van der Waals surface area (Å²) in [6.07, 6.45) is 12.0. The zero-order chi connectivity index (χ0) is 16.9. The first-order chi connectivity index (χ1) is 10.0. The molecule has 2 atom stereocenters. The highest BCUT2D eigenvalue weighted by Crippen LogP contribution is 2.44. The third-order valence-corrected chi connectivity index (χ3v) is 10.4. The summed E-state index contributed by atoms with van der Waals surface area (Å²) in [5.41, 5.74) is 0.517. The third-order valence-electron chi connectivity index (χ3n) is 2.11. The van der Waals surface area contributed by atoms with E-state index in [2.05, 4.69) is 99.6 Å². The first kappa shape index (κ1) is 28.3. The second kappa shape index (κ2) is 27.3. The Labute approximate surface area is 166 Å². The van der Waals surface area contributed by atoms with Crippen LogP contribution < -0.4 is 0 Å². The molecule has 0 heterocycles. The van der Waals surface area contributed by atoms with E-state index < -0.39 is 0 Å². The zero-order valence-corrected chi connectivity index (χ0v) is 21.3. The van der Waals surface area contributed by atoms with Gasteiger partial charge in [0.25, 0.3) is 0 Å². The molecule has 0 aromatic carbocycles. The van der Waals surface area contributed by atoms with Gasteiger partial charge in [-0.15, -0.1) is 0 Å². The van der Waals surface area contributed by atoms with Gasteiger partial charge in [-0.2, -0.15) is 0 Å². The predicted molar refractivity (Wildman–Crippen MR) is 130 cm³/mol. The Morgan fingerprint density at radius 2 is 0.905 bits per heavy atom. The van der Waals surface area contributed by atoms with E-state index in [4.69, 9.17) is 0 Å². The Morgan fingerprint density at radius 3 is 1.10 bits per heavy atom. The lowest BCUT2D eigenvalue weighted by molar-refractivity contribution is 1.08. The molecule has 0 aromatic rings. The largest absolute Gasteiger partial charge is 0.160 e. The van der Waals surface area contributed by atoms with Gasteiger partial charge in [0, 0.05) is 0 Å². The normalized spacial score (nSPS) is 12.2. The van der Waals surface area contributed by atoms with Crippen molar-refractivity contribution in [2.24, 2.45) is 0 Å². The molecule has 0 rings (SSSR count). The Kier molecular flexibility index (Phi) is 36.7. The van der Waals surface area contributed by atoms with Crippen LogP contribution in [-0.2, 0) is 0 Å². The van der Waals surface area contributed by atoms with E-state index in [1.165, 1.54) is 57.1 Å². The van der Waals surface area contributed by atoms with Crippen molar-refractivity contribution in [2.75, 3.05) is 12.3 Å². The fourth-order valence-electron chi connectivity index (χ4n) is 1.15. The summed E-state index contributed by atoms with van der Waals surface area (Å²) in [6, 6.07) is 0. The van der Waals surface area contributed by atoms with Gasteiger partial charge in [0.2, 0.25) is 0 Å². The number of halogens is 2. The summed E-state index contributed by atoms with van der Waals surface area (Å²) in [7, 11) is 0. The zero-order valence-electron chi connectivity index (χ0n) is 15.2. The van der Waals surface area contributed by atoms with Gasteiger partial charge in [-0.05, 0) is 12.3 Å². The van der Waals surface area contributed by atoms with Gasteiger partial charge in [-0.25, -0.2) is 0 Å². The van der Waals surface area contributed by atoms with Crippen molar-refractivity contribution in [1.82, 2.24) is 0 Å². The summed E-state index contributed by atoms with van der Waals surface area (Å²) >= 11 is 5.15. The van der Waals surface area contributed by atoms with Crippen LogP contribution in [0.25, 0.3) is 0 Å². The molecule has 0 nitrogen and oxygen atoms in total. The van der Waals surface area contributed by atoms with Crippen LogP contribution in [0.2, 0.25) is 12.6 Å². The summed E-state index contributed by atoms with van der Waals surface area (Å²) in [6.45, 7) is 18.2. The van der Waals surface area contributed by atoms with Crippen LogP contribution in [-0.4, -0.2) is 26.3 Å². The van der Waals surface area contributed by atoms with Gasteiger partial charge in [0.15, 0.2) is 14.0 Å². The molecule has 0 N–H and O–H groups in total. The standard InChI is InChI=1S/2C6H14BIP.C3H8/c2*1-3-5-7-9(8)6-4-2;1-3-2/h2*3-6H2,1-2H3;3H2,1-2H3. The van der Waals surface area contributed by atoms with Gasteiger partial charge in [-0.1, -0.05) is 141 Å². The second-order valence-electron chi connectivity index (χ2n) is 4.90. The van der Waals surface area contributed by atoms with Crippen LogP contribution in [0.3, 0.4) is 0 Å². The lowest BCUT2D eigenvalue weighted by Gasteiger charge is -2.04. The minimum Gasteiger partial charge on any atom is -0.0836 e. The lowest BCUT2D eigenvalue weighted by atomic mass is 10.0. The highest BCUT2D eigenvalue weighted by Gasteiger charge is 2.01. The maximum atomic E-state index is 2.57. The lowest BCUT2D eigenvalue weighted by Crippen LogP contribution is -1.85. The van der Waals surface area contributed by atoms with Crippen LogP contribution in [0, 0.1) is 0 Å². The third kappa shape index (κ3) is 34.7. The Balaban J connectivity index is -0.000000260. The average Bonchev–Trinajstić information content (AvgIpc) is 2.45. The molecule has 0 spiro atoms. The predicted octanol–water partition coefficient (Wildman–Crippen LogP) is 8.77. The fourth-order valence-corrected chi connectivity index (χ4v) is 8.01. The Morgan fingerprint density at radius 1 is 0.619 bits per heavy atom. The van der Waals surface area contributed by atoms with Crippen molar-refractivity contribution < 1.29 is 0 Å². The second-order valence-corrected chi connectivity index (χ2v) is 15.6. The molecule has 126 valence electrons. The molecule has 0 amide bonds. The maximum Gasteiger partial charge on any atom is 0.160 e. The van der Waals surface area contributed by atoms with Crippen LogP contribution in [0.1, 0.15) is 73.6 Å². The number of hydrogen-bond donors (Lipinski definition) is 0. The van der Waals surface area contributed by atoms with E-state index >= 15 is 0 Å². The summed E-state index contributed by atoms with van der Waals surface area (Å²) in [5, 5.41) is 0. The molecule has 0 aliphatic carbocycles. The van der Waals surface area contributed by atoms with Crippen LogP contribution in [0.15, 0.2) is 0 Å². The summed E-state index contributed by atoms with van der Waals surface area (Å²) in [4.78, 5) is 0. The van der Waals surface area contributed by atoms with Gasteiger partial charge >= 0.3 is 0 Å². The van der Waals surface area contributed by atoms with E-state index in [1.807, 2.05) is 0 Å². The molecule has 0 aliphatic heterocycles. The van der Waals surface area contributed by atoms with E-state index in [9.17, 15) is 0 Å². The molecule has 2 radical (unpaired) electrons. The molecule has 2 unspecified atom stereocenters. The highest BCUT2D eigenvalue weighted by molar-refractivity contribution is 14.2. The fraction of sp³-hybridized carbons (Fsp3) is 1.00. The molecular weight excluding hydrogens is 518 g/mol. The molecule has 21 heavy (non-hydrogen) atoms. The van der Waals surface area contributed by atoms with Crippen molar-refractivity contribution in [3.8, 4) is 0 Å². The average molecular weight is 554 g/mol. The molecular formula is C15H36B2I2P2. The molecule has 6 heteroatoms. The van der Waals surface area contributed by atoms with Crippen LogP contribution >= 0.6 is 55.0 Å². The smallest absolute Gasteiger partial charge is 0.0836 e. The van der Waals surface area contributed by atoms with Crippen molar-refractivity contribution in [2.45, 2.75) is 86.3 Å². The summed E-state index contributed by atoms with van der Waals surface area (Å²) < 4.78 is 0. The van der Waals surface area contributed by atoms with E-state index in [1.54, 1.807) is 0 Å². The quantitative estimate of drug-likeness (QED) is 0.144. The van der Waals surface area contributed by atoms with E-state index in [0.29, 0.717) is 0 Å². The molecule has 0 saturated heterocycles. The minimum atomic E-state index is 0.258. The van der Waals surface area contributed by atoms with Crippen LogP contribution in [0.5, 0.6) is 0 Å². The van der Waals surface area contributed by atoms with Crippen LogP contribution in [0.4, 0.5) is 0 Å². The van der Waals surface area contributed by atoms with E-state index in [0.717, 1.165) is 0 Å². The number of hydrogen-bond acceptors (Lipinski definition) is 0. The maximum absolute atomic E-state index is 2.57. The first-order valence-electron chi connectivity index (χ1n) is 8.55. The van der Waals surface area contributed by atoms with Gasteiger partial charge in [-0.3, -0.25) is 0 Å². The Hall–Kier alpha value is 2.45. The van der Waals surface area contributed by atoms with E-state index in [-0.39, 0.29) is 10.9 Å². The van der Waals surface area contributed by atoms with Gasteiger partial charge < -0.3 is 0 Å². The monoisotopic (exact) mass is 554 g/mol. The number of rotatable bonds is 10. The molecule has 0 aromatic heterocycles. The highest BCUT2D eigenvalue weighted by atomic mass is 127. The van der Waals surface area contributed by atoms with Crippen molar-refractivity contribution in [3.63, 3.8) is 0 Å².